The number of aromatic nitrogens is 1. The van der Waals surface area contributed by atoms with E-state index in [4.69, 9.17) is 4.74 Å². The number of hydrogen-bond acceptors (Lipinski definition) is 7. The van der Waals surface area contributed by atoms with Gasteiger partial charge in [-0.1, -0.05) is 30.3 Å². The maximum absolute atomic E-state index is 12.8. The van der Waals surface area contributed by atoms with Crippen LogP contribution in [0.2, 0.25) is 0 Å². The molecule has 34 heavy (non-hydrogen) atoms. The number of nitro groups is 1. The maximum atomic E-state index is 12.8. The van der Waals surface area contributed by atoms with Crippen LogP contribution in [0.4, 0.5) is 10.5 Å². The van der Waals surface area contributed by atoms with Crippen LogP contribution >= 0.6 is 11.8 Å². The molecule has 1 fully saturated rings. The largest absolute Gasteiger partial charge is 0.462 e. The lowest BCUT2D eigenvalue weighted by Crippen LogP contribution is -2.35. The summed E-state index contributed by atoms with van der Waals surface area (Å²) in [6.45, 7) is 3.42. The Morgan fingerprint density at radius 3 is 2.53 bits per heavy atom. The minimum absolute atomic E-state index is 0.0230. The van der Waals surface area contributed by atoms with Crippen LogP contribution in [0.1, 0.15) is 25.0 Å². The molecule has 2 amide bonds. The van der Waals surface area contributed by atoms with E-state index < -0.39 is 28.6 Å². The smallest absolute Gasteiger partial charge is 0.326 e. The van der Waals surface area contributed by atoms with Gasteiger partial charge in [0.2, 0.25) is 0 Å². The van der Waals surface area contributed by atoms with E-state index in [0.717, 1.165) is 38.7 Å². The van der Waals surface area contributed by atoms with Crippen molar-refractivity contribution in [1.29, 1.82) is 0 Å². The number of para-hydroxylation sites is 1. The first-order valence-corrected chi connectivity index (χ1v) is 11.3. The van der Waals surface area contributed by atoms with Gasteiger partial charge in [-0.2, -0.15) is 0 Å². The number of ether oxygens (including phenoxy) is 1. The van der Waals surface area contributed by atoms with Gasteiger partial charge in [-0.05, 0) is 43.3 Å². The number of non-ortho nitro benzene ring substituents is 1. The summed E-state index contributed by atoms with van der Waals surface area (Å²) in [4.78, 5) is 48.7. The molecule has 0 saturated carbocycles. The van der Waals surface area contributed by atoms with Gasteiger partial charge in [0.1, 0.15) is 6.54 Å². The summed E-state index contributed by atoms with van der Waals surface area (Å²) < 4.78 is 7.02. The van der Waals surface area contributed by atoms with E-state index in [1.54, 1.807) is 32.1 Å². The van der Waals surface area contributed by atoms with E-state index in [9.17, 15) is 24.5 Å². The number of fused-ring (bicyclic) bond motifs is 1. The van der Waals surface area contributed by atoms with Crippen LogP contribution in [0.25, 0.3) is 17.0 Å². The Kier molecular flexibility index (Phi) is 6.51. The van der Waals surface area contributed by atoms with Crippen molar-refractivity contribution >= 4 is 51.5 Å². The third-order valence-corrected chi connectivity index (χ3v) is 6.04. The molecule has 1 aliphatic rings. The minimum atomic E-state index is -0.641. The zero-order chi connectivity index (χ0) is 24.4. The molecule has 0 atom stereocenters. The van der Waals surface area contributed by atoms with Gasteiger partial charge in [-0.25, -0.2) is 0 Å². The Hall–Kier alpha value is -3.92. The fourth-order valence-corrected chi connectivity index (χ4v) is 4.48. The number of esters is 1. The lowest BCUT2D eigenvalue weighted by atomic mass is 10.1. The van der Waals surface area contributed by atoms with Crippen molar-refractivity contribution in [3.63, 3.8) is 0 Å². The standard InChI is InChI=1S/C24H21N3O6S/c1-15(2)33-22(28)14-26-23(29)21(34-24(26)30)11-17-13-25(20-6-4-3-5-19(17)20)12-16-7-9-18(10-8-16)27(31)32/h3-11,13,15H,12,14H2,1-2H3/b21-11-. The fourth-order valence-electron chi connectivity index (χ4n) is 3.65. The molecule has 2 aromatic carbocycles. The molecule has 0 unspecified atom stereocenters. The molecule has 2 heterocycles. The highest BCUT2D eigenvalue weighted by atomic mass is 32.2. The molecule has 0 bridgehead atoms. The second-order valence-corrected chi connectivity index (χ2v) is 8.95. The second-order valence-electron chi connectivity index (χ2n) is 7.96. The van der Waals surface area contributed by atoms with Gasteiger partial charge in [0.15, 0.2) is 0 Å². The predicted molar refractivity (Wildman–Crippen MR) is 128 cm³/mol. The molecule has 0 aliphatic carbocycles. The highest BCUT2D eigenvalue weighted by molar-refractivity contribution is 8.18. The molecule has 0 spiro atoms. The molecule has 4 rings (SSSR count). The molecule has 0 radical (unpaired) electrons. The Morgan fingerprint density at radius 2 is 1.85 bits per heavy atom. The Morgan fingerprint density at radius 1 is 1.15 bits per heavy atom. The third kappa shape index (κ3) is 4.86. The summed E-state index contributed by atoms with van der Waals surface area (Å²) in [6, 6.07) is 14.0. The van der Waals surface area contributed by atoms with Gasteiger partial charge < -0.3 is 9.30 Å². The monoisotopic (exact) mass is 479 g/mol. The van der Waals surface area contributed by atoms with Crippen molar-refractivity contribution in [2.24, 2.45) is 0 Å². The number of imide groups is 1. The lowest BCUT2D eigenvalue weighted by molar-refractivity contribution is -0.384. The van der Waals surface area contributed by atoms with E-state index in [0.29, 0.717) is 6.54 Å². The molecule has 9 nitrogen and oxygen atoms in total. The van der Waals surface area contributed by atoms with Crippen molar-refractivity contribution in [2.45, 2.75) is 26.5 Å². The minimum Gasteiger partial charge on any atom is -0.462 e. The zero-order valence-electron chi connectivity index (χ0n) is 18.5. The van der Waals surface area contributed by atoms with E-state index in [1.807, 2.05) is 35.0 Å². The second kappa shape index (κ2) is 9.52. The van der Waals surface area contributed by atoms with E-state index in [-0.39, 0.29) is 16.7 Å². The summed E-state index contributed by atoms with van der Waals surface area (Å²) in [5.74, 6) is -1.18. The van der Waals surface area contributed by atoms with E-state index in [2.05, 4.69) is 0 Å². The van der Waals surface area contributed by atoms with Crippen LogP contribution in [0.5, 0.6) is 0 Å². The zero-order valence-corrected chi connectivity index (χ0v) is 19.3. The van der Waals surface area contributed by atoms with Crippen molar-refractivity contribution in [2.75, 3.05) is 6.54 Å². The summed E-state index contributed by atoms with van der Waals surface area (Å²) in [7, 11) is 0. The van der Waals surface area contributed by atoms with Crippen molar-refractivity contribution < 1.29 is 24.0 Å². The lowest BCUT2D eigenvalue weighted by Gasteiger charge is -2.13. The number of rotatable bonds is 7. The average Bonchev–Trinajstić information content (AvgIpc) is 3.26. The number of nitrogens with zero attached hydrogens (tertiary/aromatic N) is 3. The first kappa shape index (κ1) is 23.2. The molecule has 1 aliphatic heterocycles. The van der Waals surface area contributed by atoms with Gasteiger partial charge in [-0.3, -0.25) is 29.4 Å². The molecule has 1 saturated heterocycles. The summed E-state index contributed by atoms with van der Waals surface area (Å²) in [5.41, 5.74) is 2.55. The number of carbonyl (C=O) groups is 3. The van der Waals surface area contributed by atoms with E-state index in [1.165, 1.54) is 12.1 Å². The quantitative estimate of drug-likeness (QED) is 0.211. The SMILES string of the molecule is CC(C)OC(=O)CN1C(=O)S/C(=C\c2cn(Cc3ccc([N+](=O)[O-])cc3)c3ccccc23)C1=O. The van der Waals surface area contributed by atoms with Gasteiger partial charge >= 0.3 is 5.97 Å². The third-order valence-electron chi connectivity index (χ3n) is 5.13. The Balaban J connectivity index is 1.61. The molecule has 3 aromatic rings. The van der Waals surface area contributed by atoms with Gasteiger partial charge in [-0.15, -0.1) is 0 Å². The van der Waals surface area contributed by atoms with Crippen LogP contribution in [0.3, 0.4) is 0 Å². The van der Waals surface area contributed by atoms with Crippen molar-refractivity contribution in [1.82, 2.24) is 9.47 Å². The summed E-state index contributed by atoms with van der Waals surface area (Å²) in [5, 5.41) is 11.3. The Bertz CT molecular complexity index is 1330. The van der Waals surface area contributed by atoms with Crippen molar-refractivity contribution in [3.8, 4) is 0 Å². The summed E-state index contributed by atoms with van der Waals surface area (Å²) >= 11 is 0.781. The molecule has 0 N–H and O–H groups in total. The normalized spacial score (nSPS) is 15.0. The van der Waals surface area contributed by atoms with Crippen LogP contribution in [-0.2, 0) is 20.9 Å². The molecule has 1 aromatic heterocycles. The molecular weight excluding hydrogens is 458 g/mol. The number of carbonyl (C=O) groups excluding carboxylic acids is 3. The number of thioether (sulfide) groups is 1. The first-order valence-electron chi connectivity index (χ1n) is 10.5. The summed E-state index contributed by atoms with van der Waals surface area (Å²) in [6.07, 6.45) is 3.17. The number of amides is 2. The van der Waals surface area contributed by atoms with Gasteiger partial charge in [0.05, 0.1) is 15.9 Å². The van der Waals surface area contributed by atoms with Crippen LogP contribution in [0.15, 0.2) is 59.6 Å². The van der Waals surface area contributed by atoms with Crippen LogP contribution in [0, 0.1) is 10.1 Å². The van der Waals surface area contributed by atoms with E-state index >= 15 is 0 Å². The molecular formula is C24H21N3O6S. The van der Waals surface area contributed by atoms with Crippen LogP contribution < -0.4 is 0 Å². The first-order chi connectivity index (χ1) is 16.2. The Labute approximate surface area is 199 Å². The van der Waals surface area contributed by atoms with Crippen molar-refractivity contribution in [3.05, 3.63) is 80.9 Å². The predicted octanol–water partition coefficient (Wildman–Crippen LogP) is 4.59. The number of hydrogen-bond donors (Lipinski definition) is 0. The van der Waals surface area contributed by atoms with Gasteiger partial charge in [0, 0.05) is 41.3 Å². The number of benzene rings is 2. The number of nitro benzene ring substituents is 1. The molecule has 10 heteroatoms. The topological polar surface area (TPSA) is 112 Å². The molecule has 174 valence electrons. The van der Waals surface area contributed by atoms with Crippen LogP contribution in [-0.4, -0.2) is 44.2 Å². The van der Waals surface area contributed by atoms with Gasteiger partial charge in [0.25, 0.3) is 16.8 Å². The maximum Gasteiger partial charge on any atom is 0.326 e. The highest BCUT2D eigenvalue weighted by Gasteiger charge is 2.37. The fraction of sp³-hybridized carbons (Fsp3) is 0.208. The highest BCUT2D eigenvalue weighted by Crippen LogP contribution is 2.34. The average molecular weight is 480 g/mol.